The van der Waals surface area contributed by atoms with E-state index in [1.165, 1.54) is 0 Å². The Kier molecular flexibility index (Phi) is 3.55. The molecular weight excluding hydrogens is 168 g/mol. The van der Waals surface area contributed by atoms with Gasteiger partial charge in [0, 0.05) is 19.3 Å². The van der Waals surface area contributed by atoms with Crippen LogP contribution >= 0.6 is 0 Å². The fourth-order valence-corrected chi connectivity index (χ4v) is 1.35. The van der Waals surface area contributed by atoms with Gasteiger partial charge in [0.25, 0.3) is 0 Å². The van der Waals surface area contributed by atoms with Gasteiger partial charge in [-0.1, -0.05) is 12.2 Å². The summed E-state index contributed by atoms with van der Waals surface area (Å²) in [5, 5.41) is 0. The highest BCUT2D eigenvalue weighted by Gasteiger charge is 2.27. The van der Waals surface area contributed by atoms with Gasteiger partial charge in [-0.05, 0) is 0 Å². The van der Waals surface area contributed by atoms with Crippen molar-refractivity contribution in [1.29, 1.82) is 0 Å². The lowest BCUT2D eigenvalue weighted by Gasteiger charge is -2.27. The summed E-state index contributed by atoms with van der Waals surface area (Å²) in [6.45, 7) is 7.20. The topological polar surface area (TPSA) is 35.5 Å². The Morgan fingerprint density at radius 3 is 2.08 bits per heavy atom. The summed E-state index contributed by atoms with van der Waals surface area (Å²) in [5.74, 6) is 0. The Labute approximate surface area is 78.0 Å². The Bertz CT molecular complexity index is 190. The van der Waals surface area contributed by atoms with Crippen LogP contribution in [0.1, 0.15) is 19.3 Å². The molecule has 0 spiro atoms. The van der Waals surface area contributed by atoms with Gasteiger partial charge in [0.1, 0.15) is 12.2 Å². The van der Waals surface area contributed by atoms with Gasteiger partial charge < -0.3 is 9.47 Å². The molecule has 1 rings (SSSR count). The molecule has 13 heavy (non-hydrogen) atoms. The van der Waals surface area contributed by atoms with E-state index in [9.17, 15) is 4.79 Å². The zero-order chi connectivity index (χ0) is 9.68. The molecule has 1 saturated heterocycles. The molecule has 0 saturated carbocycles. The van der Waals surface area contributed by atoms with Crippen LogP contribution in [0, 0.1) is 0 Å². The van der Waals surface area contributed by atoms with Crippen molar-refractivity contribution in [3.05, 3.63) is 25.3 Å². The van der Waals surface area contributed by atoms with Crippen molar-refractivity contribution >= 4 is 6.16 Å². The SMILES string of the molecule is C=CCC1CC(CC=C)OC(=O)O1. The fraction of sp³-hybridized carbons (Fsp3) is 0.500. The van der Waals surface area contributed by atoms with Gasteiger partial charge in [-0.3, -0.25) is 0 Å². The second-order valence-electron chi connectivity index (χ2n) is 3.01. The van der Waals surface area contributed by atoms with E-state index in [1.807, 2.05) is 0 Å². The third kappa shape index (κ3) is 2.93. The summed E-state index contributed by atoms with van der Waals surface area (Å²) in [7, 11) is 0. The number of ether oxygens (including phenoxy) is 2. The smallest absolute Gasteiger partial charge is 0.430 e. The van der Waals surface area contributed by atoms with Gasteiger partial charge in [-0.15, -0.1) is 13.2 Å². The maximum absolute atomic E-state index is 10.9. The van der Waals surface area contributed by atoms with E-state index in [2.05, 4.69) is 13.2 Å². The molecule has 1 heterocycles. The fourth-order valence-electron chi connectivity index (χ4n) is 1.35. The molecule has 0 amide bonds. The predicted octanol–water partition coefficient (Wildman–Crippen LogP) is 2.43. The maximum atomic E-state index is 10.9. The zero-order valence-electron chi connectivity index (χ0n) is 7.57. The highest BCUT2D eigenvalue weighted by molar-refractivity contribution is 5.61. The molecule has 1 aliphatic heterocycles. The molecule has 0 aromatic carbocycles. The summed E-state index contributed by atoms with van der Waals surface area (Å²) in [6, 6.07) is 0. The van der Waals surface area contributed by atoms with Gasteiger partial charge in [-0.25, -0.2) is 4.79 Å². The summed E-state index contributed by atoms with van der Waals surface area (Å²) in [6.07, 6.45) is 4.84. The zero-order valence-corrected chi connectivity index (χ0v) is 7.57. The molecule has 3 heteroatoms. The second kappa shape index (κ2) is 4.70. The van der Waals surface area contributed by atoms with E-state index in [0.29, 0.717) is 12.8 Å². The first-order valence-corrected chi connectivity index (χ1v) is 4.35. The van der Waals surface area contributed by atoms with E-state index in [0.717, 1.165) is 6.42 Å². The lowest BCUT2D eigenvalue weighted by atomic mass is 10.1. The second-order valence-corrected chi connectivity index (χ2v) is 3.01. The molecule has 1 aliphatic rings. The van der Waals surface area contributed by atoms with Gasteiger partial charge in [-0.2, -0.15) is 0 Å². The minimum atomic E-state index is -0.579. The van der Waals surface area contributed by atoms with Crippen molar-refractivity contribution in [1.82, 2.24) is 0 Å². The molecule has 1 fully saturated rings. The first-order valence-electron chi connectivity index (χ1n) is 4.35. The van der Waals surface area contributed by atoms with E-state index in [1.54, 1.807) is 12.2 Å². The van der Waals surface area contributed by atoms with Gasteiger partial charge >= 0.3 is 6.16 Å². The first-order chi connectivity index (χ1) is 6.26. The largest absolute Gasteiger partial charge is 0.508 e. The van der Waals surface area contributed by atoms with Crippen molar-refractivity contribution < 1.29 is 14.3 Å². The highest BCUT2D eigenvalue weighted by Crippen LogP contribution is 2.20. The molecule has 0 aromatic heterocycles. The molecule has 0 aromatic rings. The summed E-state index contributed by atoms with van der Waals surface area (Å²) >= 11 is 0. The average molecular weight is 182 g/mol. The standard InChI is InChI=1S/C10H14O3/c1-3-5-8-7-9(6-4-2)13-10(11)12-8/h3-4,8-9H,1-2,5-7H2. The Morgan fingerprint density at radius 2 is 1.69 bits per heavy atom. The van der Waals surface area contributed by atoms with Crippen molar-refractivity contribution in [2.45, 2.75) is 31.5 Å². The molecular formula is C10H14O3. The molecule has 72 valence electrons. The Balaban J connectivity index is 2.46. The van der Waals surface area contributed by atoms with Crippen molar-refractivity contribution in [2.75, 3.05) is 0 Å². The summed E-state index contributed by atoms with van der Waals surface area (Å²) < 4.78 is 9.87. The maximum Gasteiger partial charge on any atom is 0.508 e. The number of cyclic esters (lactones) is 2. The van der Waals surface area contributed by atoms with E-state index < -0.39 is 6.16 Å². The quantitative estimate of drug-likeness (QED) is 0.494. The number of carbonyl (C=O) groups excluding carboxylic acids is 1. The average Bonchev–Trinajstić information content (AvgIpc) is 2.04. The van der Waals surface area contributed by atoms with Gasteiger partial charge in [0.2, 0.25) is 0 Å². The lowest BCUT2D eigenvalue weighted by Crippen LogP contribution is -2.33. The minimum Gasteiger partial charge on any atom is -0.430 e. The van der Waals surface area contributed by atoms with E-state index in [4.69, 9.17) is 9.47 Å². The van der Waals surface area contributed by atoms with Crippen LogP contribution in [0.5, 0.6) is 0 Å². The van der Waals surface area contributed by atoms with Gasteiger partial charge in [0.15, 0.2) is 0 Å². The number of hydrogen-bond donors (Lipinski definition) is 0. The van der Waals surface area contributed by atoms with Crippen LogP contribution in [0.4, 0.5) is 4.79 Å². The normalized spacial score (nSPS) is 27.2. The molecule has 0 bridgehead atoms. The first kappa shape index (κ1) is 9.84. The summed E-state index contributed by atoms with van der Waals surface area (Å²) in [4.78, 5) is 10.9. The van der Waals surface area contributed by atoms with Gasteiger partial charge in [0.05, 0.1) is 0 Å². The van der Waals surface area contributed by atoms with Crippen molar-refractivity contribution in [2.24, 2.45) is 0 Å². The minimum absolute atomic E-state index is 0.0799. The predicted molar refractivity (Wildman–Crippen MR) is 49.4 cm³/mol. The van der Waals surface area contributed by atoms with E-state index >= 15 is 0 Å². The lowest BCUT2D eigenvalue weighted by molar-refractivity contribution is -0.0571. The monoisotopic (exact) mass is 182 g/mol. The van der Waals surface area contributed by atoms with E-state index in [-0.39, 0.29) is 12.2 Å². The van der Waals surface area contributed by atoms with Crippen LogP contribution < -0.4 is 0 Å². The van der Waals surface area contributed by atoms with Crippen LogP contribution in [0.3, 0.4) is 0 Å². The molecule has 3 nitrogen and oxygen atoms in total. The molecule has 2 unspecified atom stereocenters. The Hall–Kier alpha value is -1.25. The number of carbonyl (C=O) groups is 1. The molecule has 2 atom stereocenters. The van der Waals surface area contributed by atoms with Crippen LogP contribution in [0.25, 0.3) is 0 Å². The van der Waals surface area contributed by atoms with Crippen molar-refractivity contribution in [3.63, 3.8) is 0 Å². The van der Waals surface area contributed by atoms with Crippen LogP contribution in [0.2, 0.25) is 0 Å². The van der Waals surface area contributed by atoms with Crippen molar-refractivity contribution in [3.8, 4) is 0 Å². The highest BCUT2D eigenvalue weighted by atomic mass is 16.7. The molecule has 0 radical (unpaired) electrons. The van der Waals surface area contributed by atoms with Crippen LogP contribution in [0.15, 0.2) is 25.3 Å². The number of hydrogen-bond acceptors (Lipinski definition) is 3. The summed E-state index contributed by atoms with van der Waals surface area (Å²) in [5.41, 5.74) is 0. The molecule has 0 N–H and O–H groups in total. The van der Waals surface area contributed by atoms with Crippen LogP contribution in [-0.4, -0.2) is 18.4 Å². The third-order valence-corrected chi connectivity index (χ3v) is 1.91. The third-order valence-electron chi connectivity index (χ3n) is 1.91. The van der Waals surface area contributed by atoms with Crippen LogP contribution in [-0.2, 0) is 9.47 Å². The number of rotatable bonds is 4. The Morgan fingerprint density at radius 1 is 1.23 bits per heavy atom. The molecule has 0 aliphatic carbocycles.